The standard InChI is InChI=1S/C32H51NO4/c1-24-16-10-11-17-27(24)18-12-15-21-37-20-14-9-8-13-19-33-23-30(35-6)28-22-29(32(4,5)34)31(36-7)26(3)25(28)2/h10-11,16-17,22,30,33-34H,8-9,12-15,18-21,23H2,1-7H3/i8D2,9D2,10D,11D,12D2,13D2,14D2,15D2,16D,17D,18D2,19D2,20D2,21D2,22D,23D2,30D,34D/hD. The van der Waals surface area contributed by atoms with Crippen molar-refractivity contribution in [3.63, 3.8) is 0 Å². The quantitative estimate of drug-likeness (QED) is 0.206. The van der Waals surface area contributed by atoms with Gasteiger partial charge in [-0.05, 0) is 107 Å². The zero-order valence-electron chi connectivity index (χ0n) is 51.6. The average Bonchev–Trinajstić information content (AvgIpc) is 3.18. The van der Waals surface area contributed by atoms with Crippen LogP contribution in [0.4, 0.5) is 0 Å². The second kappa shape index (κ2) is 16.1. The van der Waals surface area contributed by atoms with E-state index in [4.69, 9.17) is 54.4 Å². The minimum Gasteiger partial charge on any atom is -0.496 e. The minimum atomic E-state index is -4.91. The number of ether oxygens (including phenoxy) is 3. The van der Waals surface area contributed by atoms with Crippen molar-refractivity contribution < 1.29 is 59.1 Å². The van der Waals surface area contributed by atoms with Gasteiger partial charge in [0.15, 0.2) is 0 Å². The molecule has 208 valence electrons. The summed E-state index contributed by atoms with van der Waals surface area (Å²) in [5.41, 5.74) is -4.74. The van der Waals surface area contributed by atoms with E-state index in [9.17, 15) is 1.37 Å². The first-order chi connectivity index (χ1) is 29.3. The summed E-state index contributed by atoms with van der Waals surface area (Å²) in [4.78, 5) is 0. The maximum atomic E-state index is 9.22. The molecule has 37 heavy (non-hydrogen) atoms. The molecule has 1 atom stereocenters. The number of rotatable bonds is 19. The fraction of sp³-hybridized carbons (Fsp3) is 0.625. The molecular weight excluding hydrogens is 462 g/mol. The number of aliphatic hydroxyl groups is 1. The summed E-state index contributed by atoms with van der Waals surface area (Å²) >= 11 is 0. The lowest BCUT2D eigenvalue weighted by Gasteiger charge is -2.27. The summed E-state index contributed by atoms with van der Waals surface area (Å²) < 4.78 is 268. The Bertz CT molecular complexity index is 2180. The Morgan fingerprint density at radius 1 is 1.05 bits per heavy atom. The third-order valence-electron chi connectivity index (χ3n) is 4.78. The number of benzene rings is 2. The number of hydrogen-bond donors (Lipinski definition) is 2. The predicted molar refractivity (Wildman–Crippen MR) is 154 cm³/mol. The van der Waals surface area contributed by atoms with Gasteiger partial charge in [0.1, 0.15) is 7.16 Å². The van der Waals surface area contributed by atoms with Crippen LogP contribution in [-0.2, 0) is 21.4 Å². The molecule has 0 spiro atoms. The normalized spacial score (nSPS) is 29.7. The van der Waals surface area contributed by atoms with Crippen molar-refractivity contribution in [1.82, 2.24) is 5.31 Å². The first-order valence-electron chi connectivity index (χ1n) is 25.6. The lowest BCUT2D eigenvalue weighted by molar-refractivity contribution is 0.0739. The zero-order valence-corrected chi connectivity index (χ0v) is 21.6. The maximum Gasteiger partial charge on any atom is 0.211 e. The summed E-state index contributed by atoms with van der Waals surface area (Å²) in [5.74, 6) is -0.0741. The molecule has 0 aliphatic carbocycles. The van der Waals surface area contributed by atoms with Gasteiger partial charge in [-0.25, -0.2) is 0 Å². The molecule has 2 aromatic rings. The van der Waals surface area contributed by atoms with Crippen LogP contribution in [0.1, 0.15) is 130 Å². The Labute approximate surface area is 268 Å². The second-order valence-corrected chi connectivity index (χ2v) is 7.72. The SMILES string of the molecule is [2H]OC(C)(C)c1c([2H])c(C([2H])(OC)C([2H])([2H])N([2H])C([2H])([2H])C([2H])([2H])C([2H])([2H])C([2H])([2H])C([2H])([2H])C([2H])([2H])OC([2H])([2H])C([2H])([2H])C([2H])([2H])C([2H])([2H])c2c([2H])c([2H])c([2H])c([2H])c2C)c(C)c(C)c1OC. The van der Waals surface area contributed by atoms with E-state index in [1.54, 1.807) is 0 Å². The van der Waals surface area contributed by atoms with E-state index < -0.39 is 135 Å². The van der Waals surface area contributed by atoms with Crippen molar-refractivity contribution in [1.29, 1.82) is 1.43 Å². The van der Waals surface area contributed by atoms with Crippen LogP contribution >= 0.6 is 0 Å². The molecule has 2 N–H and O–H groups in total. The predicted octanol–water partition coefficient (Wildman–Crippen LogP) is 6.72. The zero-order chi connectivity index (χ0) is 53.8. The molecule has 5 heteroatoms. The van der Waals surface area contributed by atoms with Gasteiger partial charge in [0.05, 0.1) is 32.5 Å². The van der Waals surface area contributed by atoms with Gasteiger partial charge >= 0.3 is 0 Å². The highest BCUT2D eigenvalue weighted by Gasteiger charge is 2.27. The largest absolute Gasteiger partial charge is 0.496 e. The molecule has 0 amide bonds. The third kappa shape index (κ3) is 10.0. The van der Waals surface area contributed by atoms with Crippen LogP contribution < -0.4 is 10.0 Å². The molecule has 0 aliphatic heterocycles. The van der Waals surface area contributed by atoms with Crippen LogP contribution in [0.15, 0.2) is 30.2 Å². The van der Waals surface area contributed by atoms with Gasteiger partial charge in [0, 0.05) is 57.0 Å². The van der Waals surface area contributed by atoms with Crippen LogP contribution in [0.3, 0.4) is 0 Å². The van der Waals surface area contributed by atoms with Crippen LogP contribution in [0, 0.1) is 20.8 Å². The summed E-state index contributed by atoms with van der Waals surface area (Å²) in [6, 6.07) is -4.96. The number of methoxy groups -OCH3 is 2. The van der Waals surface area contributed by atoms with Crippen molar-refractivity contribution in [2.75, 3.05) is 40.3 Å². The molecule has 0 fully saturated rings. The first kappa shape index (κ1) is 9.33. The lowest BCUT2D eigenvalue weighted by Crippen LogP contribution is -2.25. The molecule has 0 saturated heterocycles. The molecule has 0 aromatic heterocycles. The molecule has 0 heterocycles. The van der Waals surface area contributed by atoms with E-state index in [1.165, 1.54) is 34.8 Å². The van der Waals surface area contributed by atoms with Crippen molar-refractivity contribution in [2.45, 2.75) is 90.9 Å². The Kier molecular flexibility index (Phi) is 4.07. The molecule has 2 aromatic carbocycles. The minimum absolute atomic E-state index is 0.0741. The Balaban J connectivity index is 2.83. The Hall–Kier alpha value is -1.92. The number of hydrogen-bond acceptors (Lipinski definition) is 5. The van der Waals surface area contributed by atoms with Crippen LogP contribution in [-0.4, -0.2) is 46.9 Å². The summed E-state index contributed by atoms with van der Waals surface area (Å²) in [7, 11) is 1.85. The van der Waals surface area contributed by atoms with Gasteiger partial charge in [-0.1, -0.05) is 36.9 Å². The Morgan fingerprint density at radius 3 is 2.46 bits per heavy atom. The molecular formula is C32H51NO4. The third-order valence-corrected chi connectivity index (χ3v) is 4.78. The molecule has 2 rings (SSSR count). The molecule has 0 saturated carbocycles. The highest BCUT2D eigenvalue weighted by atomic mass is 16.5. The number of nitrogens with one attached hydrogen (secondary N) is 1. The Morgan fingerprint density at radius 2 is 1.76 bits per heavy atom. The highest BCUT2D eigenvalue weighted by molar-refractivity contribution is 5.52. The van der Waals surface area contributed by atoms with Crippen LogP contribution in [0.25, 0.3) is 0 Å². The second-order valence-electron chi connectivity index (χ2n) is 7.72. The average molecular weight is 544 g/mol. The van der Waals surface area contributed by atoms with E-state index in [0.29, 0.717) is 7.11 Å². The van der Waals surface area contributed by atoms with E-state index >= 15 is 0 Å². The lowest BCUT2D eigenvalue weighted by atomic mass is 9.88. The van der Waals surface area contributed by atoms with Gasteiger partial charge in [-0.15, -0.1) is 0 Å². The molecule has 0 aliphatic rings. The highest BCUT2D eigenvalue weighted by Crippen LogP contribution is 2.38. The van der Waals surface area contributed by atoms with Crippen LogP contribution in [0.5, 0.6) is 5.75 Å². The topological polar surface area (TPSA) is 60.0 Å². The molecule has 1 unspecified atom stereocenters. The van der Waals surface area contributed by atoms with E-state index in [0.717, 1.165) is 6.92 Å². The fourth-order valence-corrected chi connectivity index (χ4v) is 2.85. The van der Waals surface area contributed by atoms with Gasteiger partial charge in [-0.2, -0.15) is 0 Å². The van der Waals surface area contributed by atoms with Gasteiger partial charge < -0.3 is 24.6 Å². The molecule has 5 nitrogen and oxygen atoms in total. The van der Waals surface area contributed by atoms with Crippen molar-refractivity contribution >= 4 is 0 Å². The summed E-state index contributed by atoms with van der Waals surface area (Å²) in [5, 5.41) is 3.76. The van der Waals surface area contributed by atoms with E-state index in [-0.39, 0.29) is 22.4 Å². The summed E-state index contributed by atoms with van der Waals surface area (Å²) in [6.45, 7) is -12.1. The maximum absolute atomic E-state index is 9.22. The van der Waals surface area contributed by atoms with Crippen LogP contribution in [0.2, 0.25) is 1.41 Å². The smallest absolute Gasteiger partial charge is 0.211 e. The fourth-order valence-electron chi connectivity index (χ4n) is 2.85. The summed E-state index contributed by atoms with van der Waals surface area (Å²) in [6.07, 6.45) is -35.9. The van der Waals surface area contributed by atoms with Crippen molar-refractivity contribution in [3.05, 3.63) is 63.6 Å². The van der Waals surface area contributed by atoms with Gasteiger partial charge in [0.2, 0.25) is 1.43 Å². The van der Waals surface area contributed by atoms with Gasteiger partial charge in [0.25, 0.3) is 0 Å². The monoisotopic (exact) mass is 544 g/mol. The van der Waals surface area contributed by atoms with Crippen molar-refractivity contribution in [2.24, 2.45) is 0 Å². The molecule has 0 bridgehead atoms. The first-order valence-corrected chi connectivity index (χ1v) is 10.8. The van der Waals surface area contributed by atoms with E-state index in [1.807, 2.05) is 0 Å². The van der Waals surface area contributed by atoms with Gasteiger partial charge in [-0.3, -0.25) is 0 Å². The van der Waals surface area contributed by atoms with Crippen molar-refractivity contribution in [3.8, 4) is 5.75 Å². The molecule has 0 radical (unpaired) electrons. The van der Waals surface area contributed by atoms with E-state index in [2.05, 4.69) is 4.74 Å².